The Hall–Kier alpha value is -2.29. The van der Waals surface area contributed by atoms with Crippen molar-refractivity contribution in [3.63, 3.8) is 0 Å². The van der Waals surface area contributed by atoms with Crippen LogP contribution in [0.4, 0.5) is 0 Å². The van der Waals surface area contributed by atoms with Crippen LogP contribution in [-0.4, -0.2) is 74.3 Å². The van der Waals surface area contributed by atoms with Gasteiger partial charge < -0.3 is 19.4 Å². The molecule has 3 atom stereocenters. The number of amides is 1. The predicted molar refractivity (Wildman–Crippen MR) is 314 cm³/mol. The minimum Gasteiger partial charge on any atom is -0.456 e. The molecule has 73 heavy (non-hydrogen) atoms. The fourth-order valence-corrected chi connectivity index (χ4v) is 9.38. The predicted octanol–water partition coefficient (Wildman–Crippen LogP) is 18.7. The first-order valence-corrected chi connectivity index (χ1v) is 32.1. The quantitative estimate of drug-likeness (QED) is 0.0205. The number of quaternary nitrogens is 1. The summed E-state index contributed by atoms with van der Waals surface area (Å²) in [5.41, 5.74) is 0. The lowest BCUT2D eigenvalue weighted by atomic mass is 10.0. The van der Waals surface area contributed by atoms with Crippen LogP contribution in [0.2, 0.25) is 0 Å². The Bertz CT molecular complexity index is 1440. The zero-order valence-corrected chi connectivity index (χ0v) is 49.5. The third-order valence-corrected chi connectivity index (χ3v) is 14.4. The molecule has 3 unspecified atom stereocenters. The van der Waals surface area contributed by atoms with E-state index in [1.54, 1.807) is 0 Å². The highest BCUT2D eigenvalue weighted by atomic mass is 31.2. The van der Waals surface area contributed by atoms with Gasteiger partial charge in [-0.3, -0.25) is 18.6 Å². The number of phosphoric ester groups is 1. The molecule has 0 aliphatic carbocycles. The van der Waals surface area contributed by atoms with Gasteiger partial charge in [0, 0.05) is 12.8 Å². The summed E-state index contributed by atoms with van der Waals surface area (Å²) in [5.74, 6) is -0.520. The van der Waals surface area contributed by atoms with Gasteiger partial charge in [-0.25, -0.2) is 4.57 Å². The maximum absolute atomic E-state index is 13.5. The van der Waals surface area contributed by atoms with Crippen molar-refractivity contribution in [3.05, 3.63) is 60.8 Å². The summed E-state index contributed by atoms with van der Waals surface area (Å²) in [4.78, 5) is 37.7. The van der Waals surface area contributed by atoms with Crippen molar-refractivity contribution >= 4 is 19.7 Å². The van der Waals surface area contributed by atoms with E-state index in [1.165, 1.54) is 148 Å². The van der Waals surface area contributed by atoms with E-state index in [-0.39, 0.29) is 31.5 Å². The van der Waals surface area contributed by atoms with Gasteiger partial charge in [0.2, 0.25) is 5.91 Å². The summed E-state index contributed by atoms with van der Waals surface area (Å²) in [6, 6.07) is -0.856. The van der Waals surface area contributed by atoms with E-state index in [0.717, 1.165) is 96.3 Å². The lowest BCUT2D eigenvalue weighted by molar-refractivity contribution is -0.870. The molecule has 0 heterocycles. The topological polar surface area (TPSA) is 111 Å². The molecule has 0 aromatic heterocycles. The number of nitrogens with zero attached hydrogens (tertiary/aromatic N) is 1. The van der Waals surface area contributed by atoms with Crippen molar-refractivity contribution < 1.29 is 37.3 Å². The number of likely N-dealkylation sites (N-methyl/N-ethyl adjacent to an activating group) is 1. The van der Waals surface area contributed by atoms with E-state index < -0.39 is 20.0 Å². The summed E-state index contributed by atoms with van der Waals surface area (Å²) in [5, 5.41) is 3.05. The second kappa shape index (κ2) is 53.1. The Morgan fingerprint density at radius 3 is 1.30 bits per heavy atom. The van der Waals surface area contributed by atoms with Crippen LogP contribution in [0.1, 0.15) is 278 Å². The molecular formula is C63H118N2O7P+. The van der Waals surface area contributed by atoms with Gasteiger partial charge in [0.1, 0.15) is 19.3 Å². The van der Waals surface area contributed by atoms with Crippen LogP contribution in [0.15, 0.2) is 60.8 Å². The minimum absolute atomic E-state index is 0.0362. The maximum atomic E-state index is 13.5. The molecule has 0 rings (SSSR count). The van der Waals surface area contributed by atoms with Crippen molar-refractivity contribution in [1.82, 2.24) is 5.32 Å². The van der Waals surface area contributed by atoms with Crippen LogP contribution in [0, 0.1) is 0 Å². The van der Waals surface area contributed by atoms with Gasteiger partial charge in [-0.2, -0.15) is 0 Å². The van der Waals surface area contributed by atoms with E-state index >= 15 is 0 Å². The van der Waals surface area contributed by atoms with Gasteiger partial charge in [-0.05, 0) is 96.0 Å². The molecule has 1 amide bonds. The normalized spacial score (nSPS) is 14.1. The molecule has 0 saturated heterocycles. The maximum Gasteiger partial charge on any atom is 0.472 e. The number of carbonyl (C=O) groups is 2. The molecule has 0 aliphatic heterocycles. The summed E-state index contributed by atoms with van der Waals surface area (Å²) in [6.07, 6.45) is 66.3. The summed E-state index contributed by atoms with van der Waals surface area (Å²) in [7, 11) is 1.49. The standard InChI is InChI=1S/C63H117N2O7P/c1-7-10-13-16-19-22-25-28-30-31-32-33-35-38-41-44-47-50-53-56-63(67)72-61(54-51-48-45-42-39-36-27-24-21-18-15-12-9-3)60(59-71-73(68,69)70-58-57-65(4,5)6)64-62(66)55-52-49-46-43-40-37-34-29-26-23-20-17-14-11-8-2/h19,22-23,26,28,30,32-33,51,54,60-61H,7-18,20-21,24-25,27,29,31,34-50,52-53,55-59H2,1-6H3,(H-,64,66,68,69)/p+1/b22-19-,26-23-,30-28-,33-32-,54-51+. The van der Waals surface area contributed by atoms with Crippen molar-refractivity contribution in [2.45, 2.75) is 290 Å². The fraction of sp³-hybridized carbons (Fsp3) is 0.810. The average Bonchev–Trinajstić information content (AvgIpc) is 3.35. The van der Waals surface area contributed by atoms with Crippen molar-refractivity contribution in [3.8, 4) is 0 Å². The third kappa shape index (κ3) is 54.3. The molecule has 0 bridgehead atoms. The number of phosphoric acid groups is 1. The van der Waals surface area contributed by atoms with Crippen molar-refractivity contribution in [2.24, 2.45) is 0 Å². The Morgan fingerprint density at radius 2 is 0.836 bits per heavy atom. The number of rotatable bonds is 55. The number of hydrogen-bond donors (Lipinski definition) is 2. The molecule has 0 radical (unpaired) electrons. The van der Waals surface area contributed by atoms with Gasteiger partial charge >= 0.3 is 13.8 Å². The van der Waals surface area contributed by atoms with E-state index in [4.69, 9.17) is 13.8 Å². The van der Waals surface area contributed by atoms with Gasteiger partial charge in [0.05, 0.1) is 33.8 Å². The molecule has 0 fully saturated rings. The molecule has 0 aromatic rings. The number of esters is 1. The largest absolute Gasteiger partial charge is 0.472 e. The zero-order chi connectivity index (χ0) is 53.6. The average molecular weight is 1050 g/mol. The molecule has 0 spiro atoms. The number of unbranched alkanes of at least 4 members (excludes halogenated alkanes) is 31. The zero-order valence-electron chi connectivity index (χ0n) is 48.6. The number of hydrogen-bond acceptors (Lipinski definition) is 6. The van der Waals surface area contributed by atoms with E-state index in [2.05, 4.69) is 74.7 Å². The lowest BCUT2D eigenvalue weighted by Crippen LogP contribution is -2.47. The first-order chi connectivity index (χ1) is 35.4. The molecular weight excluding hydrogens is 928 g/mol. The van der Waals surface area contributed by atoms with Crippen LogP contribution in [-0.2, 0) is 27.9 Å². The summed E-state index contributed by atoms with van der Waals surface area (Å²) < 4.78 is 30.7. The third-order valence-electron chi connectivity index (χ3n) is 13.4. The van der Waals surface area contributed by atoms with Gasteiger partial charge in [0.25, 0.3) is 0 Å². The second-order valence-corrected chi connectivity index (χ2v) is 23.3. The Kier molecular flexibility index (Phi) is 51.5. The van der Waals surface area contributed by atoms with Crippen LogP contribution in [0.3, 0.4) is 0 Å². The number of nitrogens with one attached hydrogen (secondary N) is 1. The lowest BCUT2D eigenvalue weighted by Gasteiger charge is -2.27. The number of carbonyl (C=O) groups excluding carboxylic acids is 2. The van der Waals surface area contributed by atoms with Gasteiger partial charge in [0.15, 0.2) is 0 Å². The molecule has 0 saturated carbocycles. The Labute approximate surface area is 451 Å². The van der Waals surface area contributed by atoms with Crippen LogP contribution >= 0.6 is 7.82 Å². The molecule has 10 heteroatoms. The van der Waals surface area contributed by atoms with E-state index in [9.17, 15) is 19.0 Å². The van der Waals surface area contributed by atoms with Crippen LogP contribution in [0.25, 0.3) is 0 Å². The monoisotopic (exact) mass is 1050 g/mol. The van der Waals surface area contributed by atoms with Gasteiger partial charge in [-0.15, -0.1) is 0 Å². The molecule has 0 aliphatic rings. The van der Waals surface area contributed by atoms with Gasteiger partial charge in [-0.1, -0.05) is 230 Å². The Morgan fingerprint density at radius 1 is 0.479 bits per heavy atom. The molecule has 426 valence electrons. The SMILES string of the molecule is CCCCC/C=C\C/C=C\C/C=C\CCCCCCCCC(=O)OC(/C=C/CCCCCCCCCCCCC)C(COP(=O)(O)OCC[N+](C)(C)C)NC(=O)CCCCCCCCC/C=C\CCCCCC. The first kappa shape index (κ1) is 70.7. The van der Waals surface area contributed by atoms with Crippen molar-refractivity contribution in [1.29, 1.82) is 0 Å². The highest BCUT2D eigenvalue weighted by molar-refractivity contribution is 7.47. The smallest absolute Gasteiger partial charge is 0.456 e. The van der Waals surface area contributed by atoms with Crippen LogP contribution < -0.4 is 5.32 Å². The Balaban J connectivity index is 5.33. The highest BCUT2D eigenvalue weighted by Crippen LogP contribution is 2.43. The first-order valence-electron chi connectivity index (χ1n) is 30.6. The van der Waals surface area contributed by atoms with E-state index in [0.29, 0.717) is 17.4 Å². The van der Waals surface area contributed by atoms with Crippen LogP contribution in [0.5, 0.6) is 0 Å². The summed E-state index contributed by atoms with van der Waals surface area (Å²) >= 11 is 0. The molecule has 9 nitrogen and oxygen atoms in total. The molecule has 2 N–H and O–H groups in total. The van der Waals surface area contributed by atoms with E-state index in [1.807, 2.05) is 33.3 Å². The minimum atomic E-state index is -4.45. The fourth-order valence-electron chi connectivity index (χ4n) is 8.65. The highest BCUT2D eigenvalue weighted by Gasteiger charge is 2.30. The summed E-state index contributed by atoms with van der Waals surface area (Å²) in [6.45, 7) is 6.97. The second-order valence-electron chi connectivity index (χ2n) is 21.9. The van der Waals surface area contributed by atoms with Crippen molar-refractivity contribution in [2.75, 3.05) is 40.9 Å². The number of allylic oxidation sites excluding steroid dienone is 9. The number of ether oxygens (including phenoxy) is 1. The molecule has 0 aromatic carbocycles.